The number of likely N-dealkylation sites (N-methyl/N-ethyl adjacent to an activating group) is 1. The average molecular weight is 217 g/mol. The number of nitrogens with zero attached hydrogens (tertiary/aromatic N) is 3. The molecule has 0 aliphatic carbocycles. The molecule has 2 rings (SSSR count). The van der Waals surface area contributed by atoms with Crippen molar-refractivity contribution >= 4 is 0 Å². The number of hydrogen-bond donors (Lipinski definition) is 0. The van der Waals surface area contributed by atoms with Crippen molar-refractivity contribution in [3.05, 3.63) is 23.4 Å². The summed E-state index contributed by atoms with van der Waals surface area (Å²) in [6.07, 6.45) is 1.12. The van der Waals surface area contributed by atoms with E-state index in [2.05, 4.69) is 23.0 Å². The largest absolute Gasteiger partial charge is 0.480 e. The number of nitriles is 1. The average Bonchev–Trinajstić information content (AvgIpc) is 2.75. The Kier molecular flexibility index (Phi) is 3.07. The summed E-state index contributed by atoms with van der Waals surface area (Å²) >= 11 is 0. The second-order valence-corrected chi connectivity index (χ2v) is 4.15. The van der Waals surface area contributed by atoms with Crippen molar-refractivity contribution in [2.75, 3.05) is 27.2 Å². The molecule has 1 unspecified atom stereocenters. The lowest BCUT2D eigenvalue weighted by molar-refractivity contribution is 0.390. The fourth-order valence-corrected chi connectivity index (χ4v) is 2.10. The van der Waals surface area contributed by atoms with E-state index in [1.165, 1.54) is 0 Å². The molecule has 1 aliphatic rings. The highest BCUT2D eigenvalue weighted by atomic mass is 16.5. The van der Waals surface area contributed by atoms with E-state index in [9.17, 15) is 0 Å². The minimum atomic E-state index is 0.439. The zero-order chi connectivity index (χ0) is 11.5. The maximum Gasteiger partial charge on any atom is 0.231 e. The summed E-state index contributed by atoms with van der Waals surface area (Å²) in [6.45, 7) is 2.14. The first-order valence-electron chi connectivity index (χ1n) is 5.38. The van der Waals surface area contributed by atoms with Crippen LogP contribution in [0.2, 0.25) is 0 Å². The molecule has 1 aromatic heterocycles. The predicted molar refractivity (Wildman–Crippen MR) is 60.4 cm³/mol. The molecule has 1 aromatic rings. The lowest BCUT2D eigenvalue weighted by Crippen LogP contribution is -2.14. The molecule has 0 aromatic carbocycles. The van der Waals surface area contributed by atoms with E-state index in [1.807, 2.05) is 6.07 Å². The molecule has 1 saturated heterocycles. The third-order valence-electron chi connectivity index (χ3n) is 3.01. The SMILES string of the molecule is COc1nc(C2CCN(C)C2)ccc1C#N. The Hall–Kier alpha value is -1.60. The summed E-state index contributed by atoms with van der Waals surface area (Å²) in [5.41, 5.74) is 1.53. The van der Waals surface area contributed by atoms with Gasteiger partial charge >= 0.3 is 0 Å². The van der Waals surface area contributed by atoms with Crippen molar-refractivity contribution in [1.82, 2.24) is 9.88 Å². The van der Waals surface area contributed by atoms with E-state index < -0.39 is 0 Å². The monoisotopic (exact) mass is 217 g/mol. The van der Waals surface area contributed by atoms with Gasteiger partial charge in [0.2, 0.25) is 5.88 Å². The van der Waals surface area contributed by atoms with Gasteiger partial charge in [-0.2, -0.15) is 5.26 Å². The van der Waals surface area contributed by atoms with Gasteiger partial charge in [0, 0.05) is 18.2 Å². The molecule has 0 amide bonds. The van der Waals surface area contributed by atoms with Gasteiger partial charge in [0.15, 0.2) is 0 Å². The van der Waals surface area contributed by atoms with Crippen LogP contribution in [0.5, 0.6) is 5.88 Å². The first-order chi connectivity index (χ1) is 7.74. The molecule has 16 heavy (non-hydrogen) atoms. The molecule has 4 nitrogen and oxygen atoms in total. The highest BCUT2D eigenvalue weighted by Gasteiger charge is 2.23. The summed E-state index contributed by atoms with van der Waals surface area (Å²) in [6, 6.07) is 5.80. The second kappa shape index (κ2) is 4.50. The molecule has 1 aliphatic heterocycles. The molecule has 0 N–H and O–H groups in total. The Bertz CT molecular complexity index is 425. The Morgan fingerprint density at radius 3 is 2.94 bits per heavy atom. The minimum absolute atomic E-state index is 0.439. The molecular formula is C12H15N3O. The van der Waals surface area contributed by atoms with Crippen LogP contribution >= 0.6 is 0 Å². The molecule has 0 spiro atoms. The van der Waals surface area contributed by atoms with Crippen molar-refractivity contribution in [2.45, 2.75) is 12.3 Å². The summed E-state index contributed by atoms with van der Waals surface area (Å²) in [4.78, 5) is 6.70. The van der Waals surface area contributed by atoms with Gasteiger partial charge in [0.05, 0.1) is 7.11 Å². The van der Waals surface area contributed by atoms with Crippen LogP contribution in [0.1, 0.15) is 23.6 Å². The number of hydrogen-bond acceptors (Lipinski definition) is 4. The van der Waals surface area contributed by atoms with E-state index in [0.717, 1.165) is 25.2 Å². The third kappa shape index (κ3) is 2.00. The van der Waals surface area contributed by atoms with Gasteiger partial charge in [-0.25, -0.2) is 4.98 Å². The van der Waals surface area contributed by atoms with Crippen molar-refractivity contribution in [1.29, 1.82) is 5.26 Å². The first-order valence-corrected chi connectivity index (χ1v) is 5.38. The maximum absolute atomic E-state index is 8.87. The quantitative estimate of drug-likeness (QED) is 0.751. The van der Waals surface area contributed by atoms with Gasteiger partial charge in [-0.1, -0.05) is 0 Å². The Labute approximate surface area is 95.5 Å². The van der Waals surface area contributed by atoms with Crippen LogP contribution in [-0.2, 0) is 0 Å². The van der Waals surface area contributed by atoms with Crippen LogP contribution < -0.4 is 4.74 Å². The van der Waals surface area contributed by atoms with E-state index in [0.29, 0.717) is 17.4 Å². The normalized spacial score (nSPS) is 20.7. The lowest BCUT2D eigenvalue weighted by Gasteiger charge is -2.11. The molecule has 4 heteroatoms. The molecule has 0 radical (unpaired) electrons. The number of pyridine rings is 1. The van der Waals surface area contributed by atoms with E-state index >= 15 is 0 Å². The third-order valence-corrected chi connectivity index (χ3v) is 3.01. The molecular weight excluding hydrogens is 202 g/mol. The molecule has 1 fully saturated rings. The standard InChI is InChI=1S/C12H15N3O/c1-15-6-5-10(8-15)11-4-3-9(7-13)12(14-11)16-2/h3-4,10H,5-6,8H2,1-2H3. The van der Waals surface area contributed by atoms with Crippen LogP contribution in [0.15, 0.2) is 12.1 Å². The van der Waals surface area contributed by atoms with Gasteiger partial charge in [-0.05, 0) is 32.1 Å². The number of aromatic nitrogens is 1. The number of methoxy groups -OCH3 is 1. The van der Waals surface area contributed by atoms with Crippen LogP contribution in [0.4, 0.5) is 0 Å². The van der Waals surface area contributed by atoms with Crippen LogP contribution in [0.25, 0.3) is 0 Å². The van der Waals surface area contributed by atoms with E-state index in [1.54, 1.807) is 13.2 Å². The van der Waals surface area contributed by atoms with Crippen molar-refractivity contribution < 1.29 is 4.74 Å². The molecule has 84 valence electrons. The van der Waals surface area contributed by atoms with Gasteiger partial charge in [0.1, 0.15) is 11.6 Å². The number of rotatable bonds is 2. The van der Waals surface area contributed by atoms with E-state index in [-0.39, 0.29) is 0 Å². The number of likely N-dealkylation sites (tertiary alicyclic amines) is 1. The van der Waals surface area contributed by atoms with Crippen LogP contribution in [0.3, 0.4) is 0 Å². The highest BCUT2D eigenvalue weighted by Crippen LogP contribution is 2.27. The topological polar surface area (TPSA) is 49.1 Å². The fourth-order valence-electron chi connectivity index (χ4n) is 2.10. The summed E-state index contributed by atoms with van der Waals surface area (Å²) in [5.74, 6) is 0.904. The van der Waals surface area contributed by atoms with Gasteiger partial charge in [-0.15, -0.1) is 0 Å². The Balaban J connectivity index is 2.26. The first kappa shape index (κ1) is 10.9. The molecule has 0 saturated carbocycles. The molecule has 0 bridgehead atoms. The summed E-state index contributed by atoms with van der Waals surface area (Å²) in [5, 5.41) is 8.87. The summed E-state index contributed by atoms with van der Waals surface area (Å²) in [7, 11) is 3.66. The predicted octanol–water partition coefficient (Wildman–Crippen LogP) is 1.38. The second-order valence-electron chi connectivity index (χ2n) is 4.15. The van der Waals surface area contributed by atoms with Gasteiger partial charge < -0.3 is 9.64 Å². The van der Waals surface area contributed by atoms with Crippen molar-refractivity contribution in [3.63, 3.8) is 0 Å². The minimum Gasteiger partial charge on any atom is -0.480 e. The van der Waals surface area contributed by atoms with Crippen molar-refractivity contribution in [3.8, 4) is 11.9 Å². The van der Waals surface area contributed by atoms with E-state index in [4.69, 9.17) is 10.00 Å². The highest BCUT2D eigenvalue weighted by molar-refractivity contribution is 5.39. The molecule has 1 atom stereocenters. The Morgan fingerprint density at radius 1 is 1.56 bits per heavy atom. The zero-order valence-electron chi connectivity index (χ0n) is 9.60. The van der Waals surface area contributed by atoms with Crippen LogP contribution in [0, 0.1) is 11.3 Å². The number of ether oxygens (including phenoxy) is 1. The van der Waals surface area contributed by atoms with Crippen molar-refractivity contribution in [2.24, 2.45) is 0 Å². The smallest absolute Gasteiger partial charge is 0.231 e. The molecule has 2 heterocycles. The zero-order valence-corrected chi connectivity index (χ0v) is 9.60. The maximum atomic E-state index is 8.87. The summed E-state index contributed by atoms with van der Waals surface area (Å²) < 4.78 is 5.12. The van der Waals surface area contributed by atoms with Crippen LogP contribution in [-0.4, -0.2) is 37.1 Å². The fraction of sp³-hybridized carbons (Fsp3) is 0.500. The van der Waals surface area contributed by atoms with Gasteiger partial charge in [-0.3, -0.25) is 0 Å². The van der Waals surface area contributed by atoms with Gasteiger partial charge in [0.25, 0.3) is 0 Å². The lowest BCUT2D eigenvalue weighted by atomic mass is 10.0. The Morgan fingerprint density at radius 2 is 2.38 bits per heavy atom.